The van der Waals surface area contributed by atoms with Crippen LogP contribution in [0.15, 0.2) is 36.4 Å². The van der Waals surface area contributed by atoms with Crippen molar-refractivity contribution in [2.45, 2.75) is 6.92 Å². The number of carbonyl (C=O) groups excluding carboxylic acids is 1. The van der Waals surface area contributed by atoms with E-state index in [9.17, 15) is 4.79 Å². The number of hydrogen-bond donors (Lipinski definition) is 0. The molecule has 1 aromatic rings. The Morgan fingerprint density at radius 1 is 1.25 bits per heavy atom. The summed E-state index contributed by atoms with van der Waals surface area (Å²) in [6.07, 6.45) is 4.78. The van der Waals surface area contributed by atoms with Crippen molar-refractivity contribution in [1.29, 1.82) is 0 Å². The van der Waals surface area contributed by atoms with Crippen molar-refractivity contribution in [2.24, 2.45) is 5.92 Å². The highest BCUT2D eigenvalue weighted by Crippen LogP contribution is 2.03. The highest BCUT2D eigenvalue weighted by Gasteiger charge is 1.90. The molecule has 1 atom stereocenters. The van der Waals surface area contributed by atoms with Crippen LogP contribution in [0.1, 0.15) is 12.5 Å². The summed E-state index contributed by atoms with van der Waals surface area (Å²) >= 11 is 0. The number of rotatable bonds is 3. The number of aldehydes is 1. The number of allylic oxidation sites excluding steroid dienone is 1. The predicted octanol–water partition coefficient (Wildman–Crippen LogP) is 2.53. The zero-order valence-corrected chi connectivity index (χ0v) is 7.10. The number of benzene rings is 1. The van der Waals surface area contributed by atoms with Crippen molar-refractivity contribution in [2.75, 3.05) is 0 Å². The van der Waals surface area contributed by atoms with Crippen LogP contribution in [0.2, 0.25) is 0 Å². The minimum absolute atomic E-state index is 0.00482. The van der Waals surface area contributed by atoms with Crippen LogP contribution in [0, 0.1) is 5.92 Å². The molecular formula is C11H12O. The van der Waals surface area contributed by atoms with E-state index < -0.39 is 0 Å². The van der Waals surface area contributed by atoms with Gasteiger partial charge in [0.1, 0.15) is 6.29 Å². The van der Waals surface area contributed by atoms with Crippen molar-refractivity contribution in [3.05, 3.63) is 42.0 Å². The van der Waals surface area contributed by atoms with Crippen LogP contribution < -0.4 is 0 Å². The first-order chi connectivity index (χ1) is 5.83. The smallest absolute Gasteiger partial charge is 0.126 e. The number of hydrogen-bond acceptors (Lipinski definition) is 1. The molecule has 0 radical (unpaired) electrons. The third kappa shape index (κ3) is 2.70. The molecule has 0 saturated heterocycles. The molecule has 0 N–H and O–H groups in total. The molecule has 62 valence electrons. The van der Waals surface area contributed by atoms with Gasteiger partial charge in [-0.2, -0.15) is 0 Å². The summed E-state index contributed by atoms with van der Waals surface area (Å²) in [6.45, 7) is 1.87. The second kappa shape index (κ2) is 4.50. The van der Waals surface area contributed by atoms with Crippen LogP contribution in [-0.4, -0.2) is 6.29 Å². The molecule has 1 aromatic carbocycles. The zero-order chi connectivity index (χ0) is 8.81. The van der Waals surface area contributed by atoms with Gasteiger partial charge in [-0.25, -0.2) is 0 Å². The first-order valence-electron chi connectivity index (χ1n) is 4.01. The predicted molar refractivity (Wildman–Crippen MR) is 50.7 cm³/mol. The molecule has 0 spiro atoms. The van der Waals surface area contributed by atoms with Gasteiger partial charge in [-0.05, 0) is 5.56 Å². The van der Waals surface area contributed by atoms with E-state index in [0.29, 0.717) is 0 Å². The van der Waals surface area contributed by atoms with Crippen LogP contribution in [-0.2, 0) is 4.79 Å². The second-order valence-corrected chi connectivity index (χ2v) is 2.76. The first-order valence-corrected chi connectivity index (χ1v) is 4.01. The summed E-state index contributed by atoms with van der Waals surface area (Å²) in [5.41, 5.74) is 1.13. The lowest BCUT2D eigenvalue weighted by Crippen LogP contribution is -1.87. The van der Waals surface area contributed by atoms with E-state index in [1.807, 2.05) is 49.4 Å². The SMILES string of the molecule is CC(C=O)/C=C/c1ccccc1. The van der Waals surface area contributed by atoms with Crippen LogP contribution in [0.4, 0.5) is 0 Å². The minimum Gasteiger partial charge on any atom is -0.303 e. The van der Waals surface area contributed by atoms with Crippen molar-refractivity contribution in [3.63, 3.8) is 0 Å². The van der Waals surface area contributed by atoms with E-state index in [4.69, 9.17) is 0 Å². The molecule has 0 aromatic heterocycles. The molecule has 1 rings (SSSR count). The molecule has 1 unspecified atom stereocenters. The molecule has 0 saturated carbocycles. The molecule has 0 amide bonds. The maximum absolute atomic E-state index is 10.3. The summed E-state index contributed by atoms with van der Waals surface area (Å²) in [6, 6.07) is 9.94. The molecule has 1 nitrogen and oxygen atoms in total. The molecule has 0 heterocycles. The van der Waals surface area contributed by atoms with Crippen LogP contribution in [0.3, 0.4) is 0 Å². The summed E-state index contributed by atoms with van der Waals surface area (Å²) in [5.74, 6) is 0.00482. The van der Waals surface area contributed by atoms with Gasteiger partial charge in [0, 0.05) is 5.92 Å². The van der Waals surface area contributed by atoms with E-state index >= 15 is 0 Å². The lowest BCUT2D eigenvalue weighted by atomic mass is 10.1. The van der Waals surface area contributed by atoms with E-state index in [2.05, 4.69) is 0 Å². The fourth-order valence-electron chi connectivity index (χ4n) is 0.872. The summed E-state index contributed by atoms with van der Waals surface area (Å²) in [7, 11) is 0. The monoisotopic (exact) mass is 160 g/mol. The average molecular weight is 160 g/mol. The average Bonchev–Trinajstić information content (AvgIpc) is 2.16. The third-order valence-electron chi connectivity index (χ3n) is 1.61. The Bertz CT molecular complexity index is 262. The maximum Gasteiger partial charge on any atom is 0.126 e. The lowest BCUT2D eigenvalue weighted by molar-refractivity contribution is -0.109. The maximum atomic E-state index is 10.3. The van der Waals surface area contributed by atoms with Gasteiger partial charge in [-0.3, -0.25) is 0 Å². The van der Waals surface area contributed by atoms with Gasteiger partial charge in [-0.1, -0.05) is 49.4 Å². The van der Waals surface area contributed by atoms with Crippen molar-refractivity contribution in [3.8, 4) is 0 Å². The quantitative estimate of drug-likeness (QED) is 0.621. The highest BCUT2D eigenvalue weighted by atomic mass is 16.1. The normalized spacial score (nSPS) is 13.1. The molecule has 12 heavy (non-hydrogen) atoms. The van der Waals surface area contributed by atoms with Crippen molar-refractivity contribution < 1.29 is 4.79 Å². The molecule has 1 heteroatoms. The molecular weight excluding hydrogens is 148 g/mol. The van der Waals surface area contributed by atoms with Crippen LogP contribution >= 0.6 is 0 Å². The van der Waals surface area contributed by atoms with Crippen molar-refractivity contribution in [1.82, 2.24) is 0 Å². The van der Waals surface area contributed by atoms with Gasteiger partial charge in [-0.15, -0.1) is 0 Å². The fourth-order valence-corrected chi connectivity index (χ4v) is 0.872. The van der Waals surface area contributed by atoms with E-state index in [1.165, 1.54) is 0 Å². The topological polar surface area (TPSA) is 17.1 Å². The second-order valence-electron chi connectivity index (χ2n) is 2.76. The van der Waals surface area contributed by atoms with E-state index in [0.717, 1.165) is 11.8 Å². The van der Waals surface area contributed by atoms with Gasteiger partial charge in [0.25, 0.3) is 0 Å². The largest absolute Gasteiger partial charge is 0.303 e. The minimum atomic E-state index is 0.00482. The van der Waals surface area contributed by atoms with Gasteiger partial charge < -0.3 is 4.79 Å². The van der Waals surface area contributed by atoms with Crippen molar-refractivity contribution >= 4 is 12.4 Å². The molecule has 0 aliphatic rings. The Kier molecular flexibility index (Phi) is 3.27. The molecule has 0 fully saturated rings. The van der Waals surface area contributed by atoms with Gasteiger partial charge >= 0.3 is 0 Å². The molecule has 0 aliphatic heterocycles. The Morgan fingerprint density at radius 2 is 1.92 bits per heavy atom. The van der Waals surface area contributed by atoms with Crippen LogP contribution in [0.5, 0.6) is 0 Å². The Labute approximate surface area is 72.7 Å². The van der Waals surface area contributed by atoms with Gasteiger partial charge in [0.2, 0.25) is 0 Å². The highest BCUT2D eigenvalue weighted by molar-refractivity contribution is 5.60. The summed E-state index contributed by atoms with van der Waals surface area (Å²) < 4.78 is 0. The molecule has 0 bridgehead atoms. The summed E-state index contributed by atoms with van der Waals surface area (Å²) in [4.78, 5) is 10.3. The third-order valence-corrected chi connectivity index (χ3v) is 1.61. The summed E-state index contributed by atoms with van der Waals surface area (Å²) in [5, 5.41) is 0. The standard InChI is InChI=1S/C11H12O/c1-10(9-12)7-8-11-5-3-2-4-6-11/h2-10H,1H3/b8-7+. The zero-order valence-electron chi connectivity index (χ0n) is 7.10. The lowest BCUT2D eigenvalue weighted by Gasteiger charge is -1.93. The fraction of sp³-hybridized carbons (Fsp3) is 0.182. The first kappa shape index (κ1) is 8.72. The van der Waals surface area contributed by atoms with Gasteiger partial charge in [0.05, 0.1) is 0 Å². The Hall–Kier alpha value is -1.37. The Morgan fingerprint density at radius 3 is 2.50 bits per heavy atom. The van der Waals surface area contributed by atoms with Gasteiger partial charge in [0.15, 0.2) is 0 Å². The number of carbonyl (C=O) groups is 1. The Balaban J connectivity index is 2.63. The molecule has 0 aliphatic carbocycles. The van der Waals surface area contributed by atoms with E-state index in [1.54, 1.807) is 0 Å². The van der Waals surface area contributed by atoms with Crippen LogP contribution in [0.25, 0.3) is 6.08 Å². The van der Waals surface area contributed by atoms with E-state index in [-0.39, 0.29) is 5.92 Å².